The quantitative estimate of drug-likeness (QED) is 0.291. The van der Waals surface area contributed by atoms with Crippen LogP contribution < -0.4 is 5.32 Å². The molecule has 1 aliphatic carbocycles. The highest BCUT2D eigenvalue weighted by molar-refractivity contribution is 6.30. The van der Waals surface area contributed by atoms with Gasteiger partial charge in [-0.3, -0.25) is 19.4 Å². The van der Waals surface area contributed by atoms with Crippen molar-refractivity contribution in [2.24, 2.45) is 4.99 Å². The van der Waals surface area contributed by atoms with Crippen molar-refractivity contribution in [3.05, 3.63) is 106 Å². The van der Waals surface area contributed by atoms with Gasteiger partial charge in [-0.1, -0.05) is 54.6 Å². The SMILES string of the molecule is CC(O)=C(C=Nc1cccc2c1C(=O)c1ccccc1C2=O)C(=O)Nc1ccccc1. The van der Waals surface area contributed by atoms with Crippen LogP contribution in [0.15, 0.2) is 89.1 Å². The van der Waals surface area contributed by atoms with E-state index in [1.165, 1.54) is 13.1 Å². The second kappa shape index (κ2) is 8.20. The van der Waals surface area contributed by atoms with Crippen molar-refractivity contribution >= 4 is 35.1 Å². The highest BCUT2D eigenvalue weighted by atomic mass is 16.3. The van der Waals surface area contributed by atoms with E-state index in [9.17, 15) is 19.5 Å². The number of aliphatic hydroxyl groups is 1. The number of nitrogens with zero attached hydrogens (tertiary/aromatic N) is 1. The first kappa shape index (κ1) is 20.0. The average Bonchev–Trinajstić information content (AvgIpc) is 2.78. The minimum absolute atomic E-state index is 0.0589. The second-order valence-corrected chi connectivity index (χ2v) is 6.98. The Bertz CT molecular complexity index is 1270. The van der Waals surface area contributed by atoms with E-state index >= 15 is 0 Å². The van der Waals surface area contributed by atoms with Gasteiger partial charge in [0.2, 0.25) is 0 Å². The maximum absolute atomic E-state index is 13.1. The van der Waals surface area contributed by atoms with Crippen molar-refractivity contribution in [1.29, 1.82) is 0 Å². The topological polar surface area (TPSA) is 95.8 Å². The maximum Gasteiger partial charge on any atom is 0.260 e. The van der Waals surface area contributed by atoms with Crippen LogP contribution in [0.1, 0.15) is 38.8 Å². The molecule has 0 aliphatic heterocycles. The molecule has 152 valence electrons. The summed E-state index contributed by atoms with van der Waals surface area (Å²) in [7, 11) is 0. The van der Waals surface area contributed by atoms with Gasteiger partial charge in [-0.25, -0.2) is 0 Å². The smallest absolute Gasteiger partial charge is 0.260 e. The summed E-state index contributed by atoms with van der Waals surface area (Å²) in [6, 6.07) is 20.2. The van der Waals surface area contributed by atoms with Crippen molar-refractivity contribution in [3.8, 4) is 0 Å². The number of anilines is 1. The van der Waals surface area contributed by atoms with Gasteiger partial charge in [0, 0.05) is 28.6 Å². The number of carbonyl (C=O) groups is 3. The van der Waals surface area contributed by atoms with E-state index in [-0.39, 0.29) is 39.7 Å². The number of allylic oxidation sites excluding steroid dienone is 1. The normalized spacial score (nSPS) is 13.5. The zero-order valence-electron chi connectivity index (χ0n) is 16.6. The number of aliphatic hydroxyl groups excluding tert-OH is 1. The molecule has 2 N–H and O–H groups in total. The maximum atomic E-state index is 13.1. The van der Waals surface area contributed by atoms with E-state index < -0.39 is 5.91 Å². The van der Waals surface area contributed by atoms with Crippen LogP contribution in [0.5, 0.6) is 0 Å². The van der Waals surface area contributed by atoms with Crippen LogP contribution in [0, 0.1) is 0 Å². The van der Waals surface area contributed by atoms with Crippen molar-refractivity contribution in [1.82, 2.24) is 0 Å². The molecule has 0 aromatic heterocycles. The fraction of sp³-hybridized carbons (Fsp3) is 0.0400. The Morgan fingerprint density at radius 2 is 1.45 bits per heavy atom. The molecule has 0 bridgehead atoms. The first-order valence-corrected chi connectivity index (χ1v) is 9.59. The first-order chi connectivity index (χ1) is 15.0. The lowest BCUT2D eigenvalue weighted by atomic mass is 9.83. The summed E-state index contributed by atoms with van der Waals surface area (Å²) in [5.74, 6) is -1.33. The van der Waals surface area contributed by atoms with Crippen LogP contribution in [0.25, 0.3) is 0 Å². The zero-order chi connectivity index (χ0) is 22.0. The average molecular weight is 410 g/mol. The lowest BCUT2D eigenvalue weighted by molar-refractivity contribution is -0.112. The van der Waals surface area contributed by atoms with Gasteiger partial charge in [-0.05, 0) is 25.1 Å². The van der Waals surface area contributed by atoms with Gasteiger partial charge in [0.25, 0.3) is 5.91 Å². The number of benzene rings is 3. The molecule has 0 fully saturated rings. The van der Waals surface area contributed by atoms with Gasteiger partial charge in [-0.2, -0.15) is 0 Å². The number of amides is 1. The summed E-state index contributed by atoms with van der Waals surface area (Å²) in [5.41, 5.74) is 1.87. The third kappa shape index (κ3) is 3.79. The van der Waals surface area contributed by atoms with E-state index in [4.69, 9.17) is 0 Å². The number of fused-ring (bicyclic) bond motifs is 2. The van der Waals surface area contributed by atoms with Crippen molar-refractivity contribution in [2.45, 2.75) is 6.92 Å². The highest BCUT2D eigenvalue weighted by Gasteiger charge is 2.31. The summed E-state index contributed by atoms with van der Waals surface area (Å²) >= 11 is 0. The van der Waals surface area contributed by atoms with E-state index in [1.807, 2.05) is 6.07 Å². The Morgan fingerprint density at radius 3 is 2.13 bits per heavy atom. The number of nitrogens with one attached hydrogen (secondary N) is 1. The molecule has 0 saturated heterocycles. The molecule has 0 saturated carbocycles. The van der Waals surface area contributed by atoms with Crippen LogP contribution in [-0.2, 0) is 4.79 Å². The van der Waals surface area contributed by atoms with Crippen LogP contribution >= 0.6 is 0 Å². The van der Waals surface area contributed by atoms with Crippen molar-refractivity contribution in [3.63, 3.8) is 0 Å². The molecule has 0 unspecified atom stereocenters. The molecule has 0 heterocycles. The number of para-hydroxylation sites is 1. The first-order valence-electron chi connectivity index (χ1n) is 9.59. The minimum Gasteiger partial charge on any atom is -0.512 e. The molecule has 3 aromatic carbocycles. The summed E-state index contributed by atoms with van der Waals surface area (Å²) in [6.45, 7) is 1.37. The number of hydrogen-bond acceptors (Lipinski definition) is 5. The molecule has 4 rings (SSSR count). The van der Waals surface area contributed by atoms with Crippen molar-refractivity contribution in [2.75, 3.05) is 5.32 Å². The van der Waals surface area contributed by atoms with E-state index in [0.717, 1.165) is 0 Å². The van der Waals surface area contributed by atoms with E-state index in [1.54, 1.807) is 66.7 Å². The molecule has 0 spiro atoms. The van der Waals surface area contributed by atoms with Gasteiger partial charge in [0.05, 0.1) is 16.8 Å². The van der Waals surface area contributed by atoms with Crippen LogP contribution in [0.2, 0.25) is 0 Å². The number of aliphatic imine (C=N–C) groups is 1. The summed E-state index contributed by atoms with van der Waals surface area (Å²) in [5, 5.41) is 12.7. The Kier molecular flexibility index (Phi) is 5.28. The minimum atomic E-state index is -0.549. The molecular formula is C25H18N2O4. The van der Waals surface area contributed by atoms with Gasteiger partial charge in [-0.15, -0.1) is 0 Å². The fourth-order valence-electron chi connectivity index (χ4n) is 3.40. The van der Waals surface area contributed by atoms with Gasteiger partial charge < -0.3 is 10.4 Å². The fourth-order valence-corrected chi connectivity index (χ4v) is 3.40. The van der Waals surface area contributed by atoms with E-state index in [2.05, 4.69) is 10.3 Å². The molecular weight excluding hydrogens is 392 g/mol. The third-order valence-electron chi connectivity index (χ3n) is 4.93. The number of rotatable bonds is 4. The molecule has 31 heavy (non-hydrogen) atoms. The zero-order valence-corrected chi connectivity index (χ0v) is 16.6. The Morgan fingerprint density at radius 1 is 0.839 bits per heavy atom. The number of ketones is 2. The highest BCUT2D eigenvalue weighted by Crippen LogP contribution is 2.33. The molecule has 1 aliphatic rings. The van der Waals surface area contributed by atoms with E-state index in [0.29, 0.717) is 16.8 Å². The summed E-state index contributed by atoms with van der Waals surface area (Å²) in [6.07, 6.45) is 1.20. The van der Waals surface area contributed by atoms with Crippen LogP contribution in [-0.4, -0.2) is 28.8 Å². The molecule has 6 nitrogen and oxygen atoms in total. The lowest BCUT2D eigenvalue weighted by Crippen LogP contribution is -2.21. The Hall–Kier alpha value is -4.32. The molecule has 3 aromatic rings. The lowest BCUT2D eigenvalue weighted by Gasteiger charge is -2.18. The number of hydrogen-bond donors (Lipinski definition) is 2. The monoisotopic (exact) mass is 410 g/mol. The predicted molar refractivity (Wildman–Crippen MR) is 118 cm³/mol. The van der Waals surface area contributed by atoms with Gasteiger partial charge in [0.15, 0.2) is 11.6 Å². The standard InChI is InChI=1S/C25H18N2O4/c1-15(28)20(25(31)27-16-8-3-2-4-9-16)14-26-21-13-7-12-19-22(21)24(30)18-11-6-5-10-17(18)23(19)29/h2-14,28H,1H3,(H,27,31). The third-order valence-corrected chi connectivity index (χ3v) is 4.93. The molecule has 1 amide bonds. The summed E-state index contributed by atoms with van der Waals surface area (Å²) in [4.78, 5) is 42.8. The molecule has 6 heteroatoms. The van der Waals surface area contributed by atoms with Crippen molar-refractivity contribution < 1.29 is 19.5 Å². The van der Waals surface area contributed by atoms with Gasteiger partial charge >= 0.3 is 0 Å². The Balaban J connectivity index is 1.70. The Labute approximate surface area is 178 Å². The second-order valence-electron chi connectivity index (χ2n) is 6.98. The number of carbonyl (C=O) groups excluding carboxylic acids is 3. The van der Waals surface area contributed by atoms with Gasteiger partial charge in [0.1, 0.15) is 5.76 Å². The largest absolute Gasteiger partial charge is 0.512 e. The van der Waals surface area contributed by atoms with Crippen LogP contribution in [0.3, 0.4) is 0 Å². The predicted octanol–water partition coefficient (Wildman–Crippen LogP) is 4.64. The molecule has 0 radical (unpaired) electrons. The molecule has 0 atom stereocenters. The summed E-state index contributed by atoms with van der Waals surface area (Å²) < 4.78 is 0. The van der Waals surface area contributed by atoms with Crippen LogP contribution in [0.4, 0.5) is 11.4 Å².